The molecular weight excluding hydrogens is 416 g/mol. The lowest BCUT2D eigenvalue weighted by Gasteiger charge is -2.24. The highest BCUT2D eigenvalue weighted by molar-refractivity contribution is 5.98. The molecule has 1 atom stereocenters. The van der Waals surface area contributed by atoms with Crippen LogP contribution in [0.15, 0.2) is 72.8 Å². The summed E-state index contributed by atoms with van der Waals surface area (Å²) in [5, 5.41) is 2.90. The van der Waals surface area contributed by atoms with Gasteiger partial charge >= 0.3 is 6.09 Å². The summed E-state index contributed by atoms with van der Waals surface area (Å²) >= 11 is 0. The van der Waals surface area contributed by atoms with Crippen molar-refractivity contribution >= 4 is 17.7 Å². The summed E-state index contributed by atoms with van der Waals surface area (Å²) in [5.74, 6) is 0.340. The van der Waals surface area contributed by atoms with Crippen LogP contribution in [-0.4, -0.2) is 43.2 Å². The Morgan fingerprint density at radius 1 is 0.939 bits per heavy atom. The van der Waals surface area contributed by atoms with E-state index in [0.29, 0.717) is 24.4 Å². The molecule has 1 aliphatic heterocycles. The van der Waals surface area contributed by atoms with Crippen LogP contribution in [0.25, 0.3) is 11.1 Å². The third-order valence-electron chi connectivity index (χ3n) is 6.49. The lowest BCUT2D eigenvalue weighted by Crippen LogP contribution is -2.43. The third-order valence-corrected chi connectivity index (χ3v) is 6.49. The maximum Gasteiger partial charge on any atom is 0.410 e. The number of fused-ring (bicyclic) bond motifs is 3. The van der Waals surface area contributed by atoms with Gasteiger partial charge in [-0.25, -0.2) is 4.79 Å². The number of nitrogens with one attached hydrogen (secondary N) is 1. The van der Waals surface area contributed by atoms with E-state index in [0.717, 1.165) is 6.42 Å². The Balaban J connectivity index is 1.28. The normalized spacial score (nSPS) is 16.8. The van der Waals surface area contributed by atoms with Gasteiger partial charge in [0.1, 0.15) is 18.4 Å². The molecule has 2 amide bonds. The molecule has 1 saturated heterocycles. The lowest BCUT2D eigenvalue weighted by atomic mass is 9.98. The fourth-order valence-corrected chi connectivity index (χ4v) is 4.90. The molecule has 0 unspecified atom stereocenters. The average Bonchev–Trinajstić information content (AvgIpc) is 3.47. The van der Waals surface area contributed by atoms with Crippen LogP contribution in [0.3, 0.4) is 0 Å². The van der Waals surface area contributed by atoms with Gasteiger partial charge in [-0.3, -0.25) is 9.69 Å². The monoisotopic (exact) mass is 442 g/mol. The molecule has 33 heavy (non-hydrogen) atoms. The summed E-state index contributed by atoms with van der Waals surface area (Å²) in [4.78, 5) is 27.5. The molecule has 1 heterocycles. The Morgan fingerprint density at radius 2 is 1.58 bits per heavy atom. The SMILES string of the molecule is COc1ccccc1NC(=O)[C@@H]1CCCN1C(=O)OCC1c2ccccc2-c2ccccc21. The topological polar surface area (TPSA) is 67.9 Å². The molecule has 6 nitrogen and oxygen atoms in total. The molecule has 6 heteroatoms. The number of hydrogen-bond donors (Lipinski definition) is 1. The zero-order valence-electron chi connectivity index (χ0n) is 18.5. The predicted molar refractivity (Wildman–Crippen MR) is 126 cm³/mol. The number of amides is 2. The minimum absolute atomic E-state index is 0.00944. The van der Waals surface area contributed by atoms with Gasteiger partial charge in [0.25, 0.3) is 0 Å². The van der Waals surface area contributed by atoms with Crippen molar-refractivity contribution in [2.75, 3.05) is 25.6 Å². The Morgan fingerprint density at radius 3 is 2.27 bits per heavy atom. The van der Waals surface area contributed by atoms with E-state index in [1.54, 1.807) is 19.2 Å². The van der Waals surface area contributed by atoms with Crippen molar-refractivity contribution in [3.8, 4) is 16.9 Å². The van der Waals surface area contributed by atoms with E-state index in [1.165, 1.54) is 27.2 Å². The third kappa shape index (κ3) is 3.93. The minimum atomic E-state index is -0.564. The molecule has 3 aromatic carbocycles. The predicted octanol–water partition coefficient (Wildman–Crippen LogP) is 5.05. The second kappa shape index (κ2) is 8.98. The highest BCUT2D eigenvalue weighted by atomic mass is 16.6. The standard InChI is InChI=1S/C27H26N2O4/c1-32-25-15-7-6-13-23(25)28-26(30)24-14-8-16-29(24)27(31)33-17-22-20-11-4-2-9-18(20)19-10-3-5-12-21(19)22/h2-7,9-13,15,22,24H,8,14,16-17H2,1H3,(H,28,30)/t24-/m0/s1. The van der Waals surface area contributed by atoms with Crippen LogP contribution in [0, 0.1) is 0 Å². The molecule has 0 spiro atoms. The Bertz CT molecular complexity index is 1150. The quantitative estimate of drug-likeness (QED) is 0.601. The molecule has 3 aromatic rings. The van der Waals surface area contributed by atoms with Crippen molar-refractivity contribution in [3.05, 3.63) is 83.9 Å². The fourth-order valence-electron chi connectivity index (χ4n) is 4.90. The first-order chi connectivity index (χ1) is 16.2. The van der Waals surface area contributed by atoms with E-state index in [9.17, 15) is 9.59 Å². The molecule has 0 saturated carbocycles. The second-order valence-electron chi connectivity index (χ2n) is 8.34. The van der Waals surface area contributed by atoms with Crippen molar-refractivity contribution < 1.29 is 19.1 Å². The van der Waals surface area contributed by atoms with E-state index in [2.05, 4.69) is 29.6 Å². The van der Waals surface area contributed by atoms with E-state index in [1.807, 2.05) is 36.4 Å². The van der Waals surface area contributed by atoms with Crippen LogP contribution in [0.5, 0.6) is 5.75 Å². The van der Waals surface area contributed by atoms with Gasteiger partial charge in [-0.2, -0.15) is 0 Å². The maximum absolute atomic E-state index is 13.0. The summed E-state index contributed by atoms with van der Waals surface area (Å²) in [6.07, 6.45) is 0.911. The fraction of sp³-hybridized carbons (Fsp3) is 0.259. The molecule has 0 bridgehead atoms. The molecule has 1 fully saturated rings. The van der Waals surface area contributed by atoms with Crippen molar-refractivity contribution in [3.63, 3.8) is 0 Å². The van der Waals surface area contributed by atoms with Gasteiger partial charge in [-0.15, -0.1) is 0 Å². The summed E-state index contributed by atoms with van der Waals surface area (Å²) in [5.41, 5.74) is 5.29. The molecular formula is C27H26N2O4. The summed E-state index contributed by atoms with van der Waals surface area (Å²) < 4.78 is 11.1. The number of ether oxygens (including phenoxy) is 2. The molecule has 1 aliphatic carbocycles. The Kier molecular flexibility index (Phi) is 5.73. The smallest absolute Gasteiger partial charge is 0.410 e. The zero-order chi connectivity index (χ0) is 22.8. The average molecular weight is 443 g/mol. The van der Waals surface area contributed by atoms with Gasteiger partial charge < -0.3 is 14.8 Å². The second-order valence-corrected chi connectivity index (χ2v) is 8.34. The van der Waals surface area contributed by atoms with Crippen LogP contribution in [0.1, 0.15) is 29.9 Å². The molecule has 1 N–H and O–H groups in total. The maximum atomic E-state index is 13.0. The summed E-state index contributed by atoms with van der Waals surface area (Å²) in [7, 11) is 1.56. The van der Waals surface area contributed by atoms with Crippen molar-refractivity contribution in [2.45, 2.75) is 24.8 Å². The van der Waals surface area contributed by atoms with Crippen LogP contribution >= 0.6 is 0 Å². The van der Waals surface area contributed by atoms with Gasteiger partial charge in [-0.05, 0) is 47.2 Å². The number of anilines is 1. The highest BCUT2D eigenvalue weighted by Gasteiger charge is 2.36. The van der Waals surface area contributed by atoms with Gasteiger partial charge in [0, 0.05) is 12.5 Å². The number of carbonyl (C=O) groups excluding carboxylic acids is 2. The van der Waals surface area contributed by atoms with E-state index in [-0.39, 0.29) is 18.4 Å². The highest BCUT2D eigenvalue weighted by Crippen LogP contribution is 2.44. The van der Waals surface area contributed by atoms with Crippen LogP contribution in [-0.2, 0) is 9.53 Å². The number of rotatable bonds is 5. The molecule has 5 rings (SSSR count). The largest absolute Gasteiger partial charge is 0.495 e. The zero-order valence-corrected chi connectivity index (χ0v) is 18.5. The number of likely N-dealkylation sites (tertiary alicyclic amines) is 1. The number of methoxy groups -OCH3 is 1. The van der Waals surface area contributed by atoms with Crippen LogP contribution < -0.4 is 10.1 Å². The molecule has 0 aromatic heterocycles. The summed E-state index contributed by atoms with van der Waals surface area (Å²) in [6, 6.07) is 23.1. The lowest BCUT2D eigenvalue weighted by molar-refractivity contribution is -0.120. The summed E-state index contributed by atoms with van der Waals surface area (Å²) in [6.45, 7) is 0.741. The first kappa shape index (κ1) is 21.1. The minimum Gasteiger partial charge on any atom is -0.495 e. The van der Waals surface area contributed by atoms with Gasteiger partial charge in [0.15, 0.2) is 0 Å². The number of benzene rings is 3. The Labute approximate surface area is 193 Å². The number of nitrogens with zero attached hydrogens (tertiary/aromatic N) is 1. The first-order valence-corrected chi connectivity index (χ1v) is 11.2. The molecule has 0 radical (unpaired) electrons. The van der Waals surface area contributed by atoms with Crippen LogP contribution in [0.4, 0.5) is 10.5 Å². The van der Waals surface area contributed by atoms with Gasteiger partial charge in [0.05, 0.1) is 12.8 Å². The number of carbonyl (C=O) groups is 2. The van der Waals surface area contributed by atoms with Crippen molar-refractivity contribution in [1.82, 2.24) is 4.90 Å². The van der Waals surface area contributed by atoms with Gasteiger partial charge in [-0.1, -0.05) is 60.7 Å². The number of para-hydroxylation sites is 2. The first-order valence-electron chi connectivity index (χ1n) is 11.2. The van der Waals surface area contributed by atoms with Crippen molar-refractivity contribution in [1.29, 1.82) is 0 Å². The van der Waals surface area contributed by atoms with Crippen molar-refractivity contribution in [2.24, 2.45) is 0 Å². The molecule has 168 valence electrons. The van der Waals surface area contributed by atoms with E-state index < -0.39 is 12.1 Å². The van der Waals surface area contributed by atoms with E-state index in [4.69, 9.17) is 9.47 Å². The van der Waals surface area contributed by atoms with Gasteiger partial charge in [0.2, 0.25) is 5.91 Å². The van der Waals surface area contributed by atoms with E-state index >= 15 is 0 Å². The Hall–Kier alpha value is -3.80. The molecule has 2 aliphatic rings. The van der Waals surface area contributed by atoms with Crippen LogP contribution in [0.2, 0.25) is 0 Å². The number of hydrogen-bond acceptors (Lipinski definition) is 4.